The predicted octanol–water partition coefficient (Wildman–Crippen LogP) is 4.71. The van der Waals surface area contributed by atoms with Crippen LogP contribution in [0.2, 0.25) is 0 Å². The summed E-state index contributed by atoms with van der Waals surface area (Å²) < 4.78 is 13.8. The van der Waals surface area contributed by atoms with Gasteiger partial charge in [-0.15, -0.1) is 0 Å². The summed E-state index contributed by atoms with van der Waals surface area (Å²) >= 11 is 0. The van der Waals surface area contributed by atoms with Crippen molar-refractivity contribution in [1.82, 2.24) is 0 Å². The number of benzene rings is 1. The second-order valence-corrected chi connectivity index (χ2v) is 8.58. The van der Waals surface area contributed by atoms with Crippen molar-refractivity contribution in [2.24, 2.45) is 23.2 Å². The van der Waals surface area contributed by atoms with E-state index in [9.17, 15) is 14.6 Å². The Hall–Kier alpha value is -1.35. The first-order valence-electron chi connectivity index (χ1n) is 9.21. The Bertz CT molecular complexity index is 678. The molecule has 2 saturated carbocycles. The Kier molecular flexibility index (Phi) is 3.76. The monoisotopic (exact) mass is 330 g/mol. The molecule has 0 spiro atoms. The molecule has 130 valence electrons. The molecule has 0 saturated heterocycles. The molecule has 0 bridgehead atoms. The van der Waals surface area contributed by atoms with Crippen molar-refractivity contribution in [2.75, 3.05) is 0 Å². The first-order chi connectivity index (χ1) is 11.4. The highest BCUT2D eigenvalue weighted by atomic mass is 19.1. The lowest BCUT2D eigenvalue weighted by Gasteiger charge is -2.51. The summed E-state index contributed by atoms with van der Waals surface area (Å²) in [4.78, 5) is 0. The molecule has 24 heavy (non-hydrogen) atoms. The number of allylic oxidation sites excluding steroid dienone is 2. The maximum Gasteiger partial charge on any atom is 0.115 e. The molecule has 0 unspecified atom stereocenters. The van der Waals surface area contributed by atoms with Crippen LogP contribution < -0.4 is 0 Å². The van der Waals surface area contributed by atoms with Gasteiger partial charge in [-0.25, -0.2) is 4.39 Å². The number of aromatic hydroxyl groups is 1. The highest BCUT2D eigenvalue weighted by Gasteiger charge is 2.54. The minimum absolute atomic E-state index is 0.117. The fraction of sp³-hybridized carbons (Fsp3) is 0.619. The van der Waals surface area contributed by atoms with Gasteiger partial charge in [-0.2, -0.15) is 0 Å². The van der Waals surface area contributed by atoms with Crippen molar-refractivity contribution in [1.29, 1.82) is 0 Å². The van der Waals surface area contributed by atoms with Crippen LogP contribution in [-0.4, -0.2) is 16.3 Å². The van der Waals surface area contributed by atoms with Gasteiger partial charge in [0, 0.05) is 0 Å². The Morgan fingerprint density at radius 2 is 2.17 bits per heavy atom. The average Bonchev–Trinajstić information content (AvgIpc) is 2.80. The van der Waals surface area contributed by atoms with Crippen LogP contribution in [0.15, 0.2) is 30.1 Å². The van der Waals surface area contributed by atoms with Crippen molar-refractivity contribution in [3.05, 3.63) is 41.2 Å². The quantitative estimate of drug-likeness (QED) is 0.783. The molecule has 1 aromatic rings. The highest BCUT2D eigenvalue weighted by Crippen LogP contribution is 2.62. The third kappa shape index (κ3) is 2.48. The van der Waals surface area contributed by atoms with Crippen molar-refractivity contribution < 1.29 is 14.6 Å². The van der Waals surface area contributed by atoms with E-state index in [0.29, 0.717) is 23.5 Å². The molecule has 0 amide bonds. The van der Waals surface area contributed by atoms with Crippen molar-refractivity contribution in [3.8, 4) is 5.75 Å². The molecule has 0 aromatic heterocycles. The largest absolute Gasteiger partial charge is 0.508 e. The van der Waals surface area contributed by atoms with Crippen LogP contribution >= 0.6 is 0 Å². The van der Waals surface area contributed by atoms with E-state index in [4.69, 9.17) is 0 Å². The average molecular weight is 330 g/mol. The zero-order valence-electron chi connectivity index (χ0n) is 14.5. The Morgan fingerprint density at radius 1 is 1.38 bits per heavy atom. The normalized spacial score (nSPS) is 41.5. The minimum Gasteiger partial charge on any atom is -0.508 e. The fourth-order valence-electron chi connectivity index (χ4n) is 6.16. The van der Waals surface area contributed by atoms with E-state index in [1.54, 1.807) is 12.1 Å². The molecule has 2 N–H and O–H groups in total. The summed E-state index contributed by atoms with van der Waals surface area (Å²) in [6.45, 7) is 3.85. The second-order valence-electron chi connectivity index (χ2n) is 8.58. The van der Waals surface area contributed by atoms with Gasteiger partial charge in [0.15, 0.2) is 0 Å². The van der Waals surface area contributed by atoms with E-state index in [0.717, 1.165) is 32.1 Å². The molecule has 2 fully saturated rings. The van der Waals surface area contributed by atoms with Crippen LogP contribution in [0.3, 0.4) is 0 Å². The number of halogens is 1. The smallest absolute Gasteiger partial charge is 0.115 e. The molecule has 3 aliphatic rings. The first kappa shape index (κ1) is 16.1. The van der Waals surface area contributed by atoms with Gasteiger partial charge in [0.05, 0.1) is 11.9 Å². The molecular weight excluding hydrogens is 303 g/mol. The Balaban J connectivity index is 1.80. The number of fused-ring (bicyclic) bond motifs is 5. The lowest BCUT2D eigenvalue weighted by atomic mass is 9.53. The lowest BCUT2D eigenvalue weighted by Crippen LogP contribution is -2.43. The molecule has 2 nitrogen and oxygen atoms in total. The number of rotatable bonds is 1. The molecule has 6 atom stereocenters. The summed E-state index contributed by atoms with van der Waals surface area (Å²) in [6.07, 6.45) is 6.32. The van der Waals surface area contributed by atoms with Crippen LogP contribution in [0, 0.1) is 23.2 Å². The number of phenols is 1. The van der Waals surface area contributed by atoms with Crippen LogP contribution in [0.1, 0.15) is 56.6 Å². The van der Waals surface area contributed by atoms with Crippen LogP contribution in [-0.2, 0) is 6.42 Å². The number of aliphatic hydroxyl groups is 1. The van der Waals surface area contributed by atoms with E-state index >= 15 is 0 Å². The molecule has 1 aromatic carbocycles. The zero-order valence-corrected chi connectivity index (χ0v) is 14.5. The van der Waals surface area contributed by atoms with Gasteiger partial charge in [-0.05, 0) is 97.5 Å². The SMILES string of the molecule is CC(F)=C[C@@H]1Cc2cc(O)ccc2[C@H]2CC[C@]3(C)C[C@@H](O)C[C@H]3[C@H]12. The van der Waals surface area contributed by atoms with Gasteiger partial charge in [0.2, 0.25) is 0 Å². The third-order valence-electron chi connectivity index (χ3n) is 7.00. The summed E-state index contributed by atoms with van der Waals surface area (Å²) in [5.41, 5.74) is 2.69. The molecule has 0 heterocycles. The fourth-order valence-corrected chi connectivity index (χ4v) is 6.16. The van der Waals surface area contributed by atoms with Crippen LogP contribution in [0.5, 0.6) is 5.75 Å². The lowest BCUT2D eigenvalue weighted by molar-refractivity contribution is 0.0386. The van der Waals surface area contributed by atoms with Gasteiger partial charge >= 0.3 is 0 Å². The van der Waals surface area contributed by atoms with E-state index in [2.05, 4.69) is 13.0 Å². The third-order valence-corrected chi connectivity index (χ3v) is 7.00. The molecule has 0 radical (unpaired) electrons. The Morgan fingerprint density at radius 3 is 2.92 bits per heavy atom. The van der Waals surface area contributed by atoms with Crippen molar-refractivity contribution in [2.45, 2.75) is 58.0 Å². The molecule has 3 aliphatic carbocycles. The summed E-state index contributed by atoms with van der Waals surface area (Å²) in [5, 5.41) is 20.1. The van der Waals surface area contributed by atoms with Gasteiger partial charge in [0.25, 0.3) is 0 Å². The number of phenolic OH excluding ortho intramolecular Hbond substituents is 1. The van der Waals surface area contributed by atoms with Crippen LogP contribution in [0.25, 0.3) is 0 Å². The summed E-state index contributed by atoms with van der Waals surface area (Å²) in [6, 6.07) is 5.71. The van der Waals surface area contributed by atoms with E-state index < -0.39 is 0 Å². The first-order valence-corrected chi connectivity index (χ1v) is 9.21. The molecular formula is C21H27FO2. The number of hydrogen-bond donors (Lipinski definition) is 2. The Labute approximate surface area is 143 Å². The molecule has 3 heteroatoms. The van der Waals surface area contributed by atoms with Crippen molar-refractivity contribution >= 4 is 0 Å². The maximum absolute atomic E-state index is 13.8. The van der Waals surface area contributed by atoms with Gasteiger partial charge < -0.3 is 10.2 Å². The minimum atomic E-state index is -0.212. The van der Waals surface area contributed by atoms with Gasteiger partial charge in [-0.1, -0.05) is 13.0 Å². The summed E-state index contributed by atoms with van der Waals surface area (Å²) in [7, 11) is 0. The molecule has 4 rings (SSSR count). The van der Waals surface area contributed by atoms with E-state index in [-0.39, 0.29) is 23.3 Å². The summed E-state index contributed by atoms with van der Waals surface area (Å²) in [5.74, 6) is 1.59. The van der Waals surface area contributed by atoms with Gasteiger partial charge in [-0.3, -0.25) is 0 Å². The predicted molar refractivity (Wildman–Crippen MR) is 92.5 cm³/mol. The van der Waals surface area contributed by atoms with E-state index in [1.807, 2.05) is 6.07 Å². The number of hydrogen-bond acceptors (Lipinski definition) is 2. The standard InChI is InChI=1S/C21H27FO2/c1-12(22)7-14-8-13-9-15(23)3-4-17(13)18-5-6-21(2)11-16(24)10-19(21)20(14)18/h3-4,7,9,14,16,18-20,23-24H,5-6,8,10-11H2,1-2H3/t14-,16+,18-,19+,20-,21-/m1/s1. The highest BCUT2D eigenvalue weighted by molar-refractivity contribution is 5.41. The topological polar surface area (TPSA) is 40.5 Å². The van der Waals surface area contributed by atoms with E-state index in [1.165, 1.54) is 18.1 Å². The second kappa shape index (κ2) is 5.59. The van der Waals surface area contributed by atoms with Crippen LogP contribution in [0.4, 0.5) is 4.39 Å². The maximum atomic E-state index is 13.8. The van der Waals surface area contributed by atoms with Gasteiger partial charge in [0.1, 0.15) is 5.75 Å². The zero-order chi connectivity index (χ0) is 17.1. The molecule has 0 aliphatic heterocycles. The van der Waals surface area contributed by atoms with Crippen molar-refractivity contribution in [3.63, 3.8) is 0 Å². The number of aliphatic hydroxyl groups excluding tert-OH is 1.